The molecule has 29 heavy (non-hydrogen) atoms. The van der Waals surface area contributed by atoms with E-state index in [4.69, 9.17) is 9.15 Å². The molecule has 2 heterocycles. The van der Waals surface area contributed by atoms with Gasteiger partial charge in [-0.15, -0.1) is 5.10 Å². The number of carbonyl (C=O) groups excluding carboxylic acids is 3. The molecule has 2 aromatic rings. The molecule has 9 nitrogen and oxygen atoms in total. The second-order valence-corrected chi connectivity index (χ2v) is 7.00. The minimum absolute atomic E-state index is 0.0307. The zero-order valence-electron chi connectivity index (χ0n) is 15.5. The molecule has 1 atom stereocenters. The number of rotatable bonds is 7. The van der Waals surface area contributed by atoms with E-state index in [1.807, 2.05) is 0 Å². The number of esters is 1. The van der Waals surface area contributed by atoms with Gasteiger partial charge in [0.25, 0.3) is 0 Å². The monoisotopic (exact) mass is 414 g/mol. The van der Waals surface area contributed by atoms with E-state index in [1.165, 1.54) is 12.5 Å². The molecular weight excluding hydrogens is 396 g/mol. The van der Waals surface area contributed by atoms with E-state index in [9.17, 15) is 14.4 Å². The van der Waals surface area contributed by atoms with Crippen molar-refractivity contribution in [1.29, 1.82) is 0 Å². The number of ether oxygens (including phenoxy) is 1. The summed E-state index contributed by atoms with van der Waals surface area (Å²) in [6, 6.07) is 9.76. The normalized spacial score (nSPS) is 17.5. The molecule has 150 valence electrons. The van der Waals surface area contributed by atoms with Crippen molar-refractivity contribution >= 4 is 46.6 Å². The van der Waals surface area contributed by atoms with Gasteiger partial charge in [-0.2, -0.15) is 5.10 Å². The average Bonchev–Trinajstić information content (AvgIpc) is 3.33. The lowest BCUT2D eigenvalue weighted by Crippen LogP contribution is -2.28. The molecule has 1 saturated heterocycles. The molecule has 1 aliphatic rings. The van der Waals surface area contributed by atoms with Crippen molar-refractivity contribution in [2.24, 2.45) is 10.2 Å². The van der Waals surface area contributed by atoms with E-state index in [-0.39, 0.29) is 24.8 Å². The van der Waals surface area contributed by atoms with Gasteiger partial charge in [0.1, 0.15) is 11.0 Å². The Morgan fingerprint density at radius 1 is 1.31 bits per heavy atom. The molecule has 1 aromatic heterocycles. The van der Waals surface area contributed by atoms with Gasteiger partial charge in [0, 0.05) is 12.1 Å². The largest absolute Gasteiger partial charge is 0.463 e. The summed E-state index contributed by atoms with van der Waals surface area (Å²) in [5.74, 6) is -0.531. The highest BCUT2D eigenvalue weighted by molar-refractivity contribution is 8.15. The predicted octanol–water partition coefficient (Wildman–Crippen LogP) is 2.41. The van der Waals surface area contributed by atoms with Crippen molar-refractivity contribution in [1.82, 2.24) is 5.32 Å². The highest BCUT2D eigenvalue weighted by Gasteiger charge is 2.32. The number of nitrogens with one attached hydrogen (secondary N) is 2. The Hall–Kier alpha value is -3.40. The predicted molar refractivity (Wildman–Crippen MR) is 109 cm³/mol. The molecular formula is C19H18N4O5S. The lowest BCUT2D eigenvalue weighted by atomic mass is 10.2. The Bertz CT molecular complexity index is 938. The van der Waals surface area contributed by atoms with Gasteiger partial charge >= 0.3 is 5.97 Å². The van der Waals surface area contributed by atoms with Crippen LogP contribution in [-0.4, -0.2) is 41.0 Å². The maximum Gasteiger partial charge on any atom is 0.338 e. The molecule has 0 radical (unpaired) electrons. The van der Waals surface area contributed by atoms with Crippen LogP contribution in [0.2, 0.25) is 0 Å². The molecule has 0 aliphatic carbocycles. The number of benzene rings is 1. The molecule has 1 aromatic carbocycles. The number of nitrogens with zero attached hydrogens (tertiary/aromatic N) is 2. The second kappa shape index (κ2) is 9.69. The van der Waals surface area contributed by atoms with Crippen LogP contribution in [0, 0.1) is 0 Å². The van der Waals surface area contributed by atoms with Crippen LogP contribution in [0.4, 0.5) is 5.69 Å². The number of amides is 2. The molecule has 2 N–H and O–H groups in total. The maximum atomic E-state index is 12.2. The maximum absolute atomic E-state index is 12.2. The third-order valence-electron chi connectivity index (χ3n) is 3.70. The van der Waals surface area contributed by atoms with Crippen molar-refractivity contribution in [3.8, 4) is 0 Å². The van der Waals surface area contributed by atoms with Crippen LogP contribution in [0.1, 0.15) is 29.5 Å². The van der Waals surface area contributed by atoms with Gasteiger partial charge in [-0.3, -0.25) is 9.59 Å². The molecule has 0 saturated carbocycles. The van der Waals surface area contributed by atoms with Crippen LogP contribution in [0.15, 0.2) is 57.3 Å². The second-order valence-electron chi connectivity index (χ2n) is 5.81. The lowest BCUT2D eigenvalue weighted by Gasteiger charge is -2.08. The molecule has 10 heteroatoms. The summed E-state index contributed by atoms with van der Waals surface area (Å²) in [6.45, 7) is 2.02. The molecule has 1 aliphatic heterocycles. The zero-order valence-corrected chi connectivity index (χ0v) is 16.3. The van der Waals surface area contributed by atoms with E-state index in [0.29, 0.717) is 22.2 Å². The fraction of sp³-hybridized carbons (Fsp3) is 0.211. The molecule has 1 unspecified atom stereocenters. The summed E-state index contributed by atoms with van der Waals surface area (Å²) < 4.78 is 10.00. The summed E-state index contributed by atoms with van der Waals surface area (Å²) in [5, 5.41) is 12.7. The van der Waals surface area contributed by atoms with Crippen LogP contribution in [-0.2, 0) is 14.3 Å². The fourth-order valence-electron chi connectivity index (χ4n) is 2.37. The number of thioether (sulfide) groups is 1. The van der Waals surface area contributed by atoms with Gasteiger partial charge in [-0.25, -0.2) is 4.79 Å². The molecule has 2 amide bonds. The number of anilines is 1. The van der Waals surface area contributed by atoms with Crippen LogP contribution in [0.3, 0.4) is 0 Å². The summed E-state index contributed by atoms with van der Waals surface area (Å²) in [5.41, 5.74) is 0.912. The van der Waals surface area contributed by atoms with Gasteiger partial charge in [0.15, 0.2) is 5.17 Å². The first kappa shape index (κ1) is 20.3. The summed E-state index contributed by atoms with van der Waals surface area (Å²) in [6.07, 6.45) is 2.90. The van der Waals surface area contributed by atoms with Gasteiger partial charge in [-0.05, 0) is 43.3 Å². The quantitative estimate of drug-likeness (QED) is 0.408. The van der Waals surface area contributed by atoms with Crippen molar-refractivity contribution in [3.05, 3.63) is 54.0 Å². The van der Waals surface area contributed by atoms with Gasteiger partial charge in [0.05, 0.1) is 24.6 Å². The number of amidine groups is 1. The van der Waals surface area contributed by atoms with E-state index >= 15 is 0 Å². The standard InChI is InChI=1S/C19H18N4O5S/c1-2-27-18(26)12-5-7-13(8-6-12)21-16(24)10-15-17(25)22-19(29-15)23-20-11-14-4-3-9-28-14/h3-9,11,15H,2,10H2,1H3,(H,21,24)(H,22,23,25)/b20-11+. The molecule has 1 fully saturated rings. The average molecular weight is 414 g/mol. The number of furan rings is 1. The topological polar surface area (TPSA) is 122 Å². The molecule has 0 spiro atoms. The molecule has 3 rings (SSSR count). The van der Waals surface area contributed by atoms with Crippen molar-refractivity contribution in [2.75, 3.05) is 11.9 Å². The van der Waals surface area contributed by atoms with Crippen LogP contribution in [0.25, 0.3) is 0 Å². The van der Waals surface area contributed by atoms with Crippen molar-refractivity contribution < 1.29 is 23.5 Å². The van der Waals surface area contributed by atoms with Crippen LogP contribution in [0.5, 0.6) is 0 Å². The number of hydrogen-bond acceptors (Lipinski definition) is 8. The smallest absolute Gasteiger partial charge is 0.338 e. The first-order chi connectivity index (χ1) is 14.0. The van der Waals surface area contributed by atoms with E-state index < -0.39 is 11.2 Å². The van der Waals surface area contributed by atoms with E-state index in [1.54, 1.807) is 43.3 Å². The van der Waals surface area contributed by atoms with E-state index in [2.05, 4.69) is 20.8 Å². The number of hydrogen-bond donors (Lipinski definition) is 2. The van der Waals surface area contributed by atoms with Crippen LogP contribution < -0.4 is 10.6 Å². The fourth-order valence-corrected chi connectivity index (χ4v) is 3.30. The lowest BCUT2D eigenvalue weighted by molar-refractivity contribution is -0.122. The number of carbonyl (C=O) groups is 3. The first-order valence-electron chi connectivity index (χ1n) is 8.74. The Morgan fingerprint density at radius 2 is 2.10 bits per heavy atom. The van der Waals surface area contributed by atoms with Gasteiger partial charge < -0.3 is 19.8 Å². The minimum Gasteiger partial charge on any atom is -0.463 e. The van der Waals surface area contributed by atoms with Crippen molar-refractivity contribution in [3.63, 3.8) is 0 Å². The Morgan fingerprint density at radius 3 is 2.79 bits per heavy atom. The first-order valence-corrected chi connectivity index (χ1v) is 9.62. The third-order valence-corrected chi connectivity index (χ3v) is 4.78. The van der Waals surface area contributed by atoms with Gasteiger partial charge in [0.2, 0.25) is 11.8 Å². The minimum atomic E-state index is -0.605. The Kier molecular flexibility index (Phi) is 6.80. The highest BCUT2D eigenvalue weighted by Crippen LogP contribution is 2.23. The SMILES string of the molecule is CCOC(=O)c1ccc(NC(=O)CC2S/C(=N/N=C/c3ccco3)NC2=O)cc1. The third kappa shape index (κ3) is 5.79. The zero-order chi connectivity index (χ0) is 20.6. The summed E-state index contributed by atoms with van der Waals surface area (Å²) in [7, 11) is 0. The summed E-state index contributed by atoms with van der Waals surface area (Å²) in [4.78, 5) is 35.9. The Balaban J connectivity index is 1.51. The summed E-state index contributed by atoms with van der Waals surface area (Å²) >= 11 is 1.13. The van der Waals surface area contributed by atoms with Gasteiger partial charge in [-0.1, -0.05) is 11.8 Å². The molecule has 0 bridgehead atoms. The van der Waals surface area contributed by atoms with Crippen LogP contribution >= 0.6 is 11.8 Å². The van der Waals surface area contributed by atoms with Crippen molar-refractivity contribution in [2.45, 2.75) is 18.6 Å². The Labute approximate surface area is 170 Å². The highest BCUT2D eigenvalue weighted by atomic mass is 32.2. The van der Waals surface area contributed by atoms with E-state index in [0.717, 1.165) is 11.8 Å².